The predicted molar refractivity (Wildman–Crippen MR) is 256 cm³/mol. The van der Waals surface area contributed by atoms with Crippen LogP contribution in [-0.2, 0) is 28.6 Å². The molecule has 0 rings (SSSR count). The van der Waals surface area contributed by atoms with Gasteiger partial charge < -0.3 is 14.2 Å². The van der Waals surface area contributed by atoms with E-state index in [2.05, 4.69) is 45.1 Å². The molecule has 60 heavy (non-hydrogen) atoms. The summed E-state index contributed by atoms with van der Waals surface area (Å²) in [6.45, 7) is 6.55. The SMILES string of the molecule is CC/C=C\C/C=C\CCCCCCCC(=O)OCC(COC(=O)CCCCCCCCCCCCCCCCCC)OC(=O)CCCCCCCCCCCCCCCC. The highest BCUT2D eigenvalue weighted by Gasteiger charge is 2.19. The van der Waals surface area contributed by atoms with Crippen molar-refractivity contribution in [3.05, 3.63) is 24.3 Å². The number of carbonyl (C=O) groups excluding carboxylic acids is 3. The minimum absolute atomic E-state index is 0.0706. The maximum absolute atomic E-state index is 12.8. The van der Waals surface area contributed by atoms with Crippen molar-refractivity contribution in [3.63, 3.8) is 0 Å². The first kappa shape index (κ1) is 57.9. The average Bonchev–Trinajstić information content (AvgIpc) is 3.24. The van der Waals surface area contributed by atoms with Crippen LogP contribution in [0.2, 0.25) is 0 Å². The number of allylic oxidation sites excluding steroid dienone is 4. The summed E-state index contributed by atoms with van der Waals surface area (Å²) in [7, 11) is 0. The molecule has 0 aromatic rings. The van der Waals surface area contributed by atoms with Gasteiger partial charge in [0.1, 0.15) is 13.2 Å². The zero-order valence-electron chi connectivity index (χ0n) is 40.2. The van der Waals surface area contributed by atoms with Crippen molar-refractivity contribution in [2.75, 3.05) is 13.2 Å². The summed E-state index contributed by atoms with van der Waals surface area (Å²) < 4.78 is 16.8. The van der Waals surface area contributed by atoms with Gasteiger partial charge in [0.25, 0.3) is 0 Å². The van der Waals surface area contributed by atoms with Crippen LogP contribution in [0.25, 0.3) is 0 Å². The molecule has 0 radical (unpaired) electrons. The molecule has 6 nitrogen and oxygen atoms in total. The fraction of sp³-hybridized carbons (Fsp3) is 0.870. The molecule has 1 unspecified atom stereocenters. The van der Waals surface area contributed by atoms with Crippen molar-refractivity contribution < 1.29 is 28.6 Å². The summed E-state index contributed by atoms with van der Waals surface area (Å²) in [6, 6.07) is 0. The molecule has 0 N–H and O–H groups in total. The Hall–Kier alpha value is -2.11. The quantitative estimate of drug-likeness (QED) is 0.0263. The van der Waals surface area contributed by atoms with Gasteiger partial charge in [-0.2, -0.15) is 0 Å². The summed E-state index contributed by atoms with van der Waals surface area (Å²) in [4.78, 5) is 38.0. The third-order valence-corrected chi connectivity index (χ3v) is 11.7. The van der Waals surface area contributed by atoms with Crippen LogP contribution in [-0.4, -0.2) is 37.2 Å². The van der Waals surface area contributed by atoms with Gasteiger partial charge in [-0.3, -0.25) is 14.4 Å². The zero-order valence-corrected chi connectivity index (χ0v) is 40.2. The maximum Gasteiger partial charge on any atom is 0.306 e. The van der Waals surface area contributed by atoms with Crippen LogP contribution in [0.5, 0.6) is 0 Å². The first-order valence-corrected chi connectivity index (χ1v) is 26.3. The second-order valence-electron chi connectivity index (χ2n) is 17.8. The van der Waals surface area contributed by atoms with Gasteiger partial charge in [-0.1, -0.05) is 244 Å². The monoisotopic (exact) mass is 845 g/mol. The highest BCUT2D eigenvalue weighted by atomic mass is 16.6. The van der Waals surface area contributed by atoms with Crippen LogP contribution in [0, 0.1) is 0 Å². The number of hydrogen-bond donors (Lipinski definition) is 0. The number of carbonyl (C=O) groups is 3. The first-order chi connectivity index (χ1) is 29.5. The Balaban J connectivity index is 4.32. The van der Waals surface area contributed by atoms with Crippen LogP contribution in [0.3, 0.4) is 0 Å². The Bertz CT molecular complexity index is 973. The van der Waals surface area contributed by atoms with E-state index < -0.39 is 6.10 Å². The van der Waals surface area contributed by atoms with Crippen molar-refractivity contribution in [1.29, 1.82) is 0 Å². The molecule has 0 saturated carbocycles. The third kappa shape index (κ3) is 46.9. The molecule has 0 aromatic carbocycles. The Morgan fingerprint density at radius 1 is 0.350 bits per heavy atom. The minimum atomic E-state index is -0.770. The molecule has 0 spiro atoms. The lowest BCUT2D eigenvalue weighted by atomic mass is 10.0. The smallest absolute Gasteiger partial charge is 0.306 e. The predicted octanol–water partition coefficient (Wildman–Crippen LogP) is 17.2. The first-order valence-electron chi connectivity index (χ1n) is 26.3. The molecule has 0 fully saturated rings. The van der Waals surface area contributed by atoms with Gasteiger partial charge in [-0.15, -0.1) is 0 Å². The van der Waals surface area contributed by atoms with Crippen LogP contribution in [0.15, 0.2) is 24.3 Å². The number of ether oxygens (including phenoxy) is 3. The zero-order chi connectivity index (χ0) is 43.7. The molecule has 0 saturated heterocycles. The van der Waals surface area contributed by atoms with E-state index in [0.717, 1.165) is 83.5 Å². The highest BCUT2D eigenvalue weighted by molar-refractivity contribution is 5.71. The standard InChI is InChI=1S/C54H100O6/c1-4-7-10-13-16-19-22-25-27-28-30-32-35-38-41-44-47-53(56)59-50-51(49-58-52(55)46-43-40-37-34-31-24-21-18-15-12-9-6-3)60-54(57)48-45-42-39-36-33-29-26-23-20-17-14-11-8-5-2/h9,12,18,21,51H,4-8,10-11,13-17,19-20,22-50H2,1-3H3/b12-9-,21-18-. The Morgan fingerprint density at radius 2 is 0.650 bits per heavy atom. The number of hydrogen-bond acceptors (Lipinski definition) is 6. The molecule has 0 heterocycles. The lowest BCUT2D eigenvalue weighted by molar-refractivity contribution is -0.167. The van der Waals surface area contributed by atoms with Gasteiger partial charge in [0, 0.05) is 19.3 Å². The molecule has 0 aromatic heterocycles. The summed E-state index contributed by atoms with van der Waals surface area (Å²) in [5, 5.41) is 0. The van der Waals surface area contributed by atoms with E-state index in [0.29, 0.717) is 19.3 Å². The van der Waals surface area contributed by atoms with E-state index >= 15 is 0 Å². The topological polar surface area (TPSA) is 78.9 Å². The van der Waals surface area contributed by atoms with Crippen molar-refractivity contribution in [3.8, 4) is 0 Å². The van der Waals surface area contributed by atoms with E-state index in [-0.39, 0.29) is 31.1 Å². The number of rotatable bonds is 48. The molecule has 0 aliphatic heterocycles. The Morgan fingerprint density at radius 3 is 1.00 bits per heavy atom. The van der Waals surface area contributed by atoms with Crippen LogP contribution >= 0.6 is 0 Å². The van der Waals surface area contributed by atoms with Crippen LogP contribution in [0.1, 0.15) is 284 Å². The molecule has 0 aliphatic rings. The molecule has 6 heteroatoms. The molecule has 352 valence electrons. The van der Waals surface area contributed by atoms with Crippen molar-refractivity contribution in [2.24, 2.45) is 0 Å². The van der Waals surface area contributed by atoms with Gasteiger partial charge in [-0.25, -0.2) is 0 Å². The van der Waals surface area contributed by atoms with E-state index in [9.17, 15) is 14.4 Å². The van der Waals surface area contributed by atoms with E-state index in [1.54, 1.807) is 0 Å². The van der Waals surface area contributed by atoms with Crippen molar-refractivity contribution in [1.82, 2.24) is 0 Å². The van der Waals surface area contributed by atoms with E-state index in [4.69, 9.17) is 14.2 Å². The minimum Gasteiger partial charge on any atom is -0.462 e. The highest BCUT2D eigenvalue weighted by Crippen LogP contribution is 2.16. The fourth-order valence-corrected chi connectivity index (χ4v) is 7.78. The summed E-state index contributed by atoms with van der Waals surface area (Å²) in [5.74, 6) is -0.870. The van der Waals surface area contributed by atoms with Gasteiger partial charge in [0.2, 0.25) is 0 Å². The molecule has 0 aliphatic carbocycles. The molecule has 1 atom stereocenters. The molecule has 0 bridgehead atoms. The van der Waals surface area contributed by atoms with Crippen molar-refractivity contribution >= 4 is 17.9 Å². The van der Waals surface area contributed by atoms with E-state index in [1.807, 2.05) is 0 Å². The molecular weight excluding hydrogens is 745 g/mol. The lowest BCUT2D eigenvalue weighted by Gasteiger charge is -2.18. The normalized spacial score (nSPS) is 12.1. The molecule has 0 amide bonds. The summed E-state index contributed by atoms with van der Waals surface area (Å²) in [6.07, 6.45) is 55.9. The number of esters is 3. The summed E-state index contributed by atoms with van der Waals surface area (Å²) >= 11 is 0. The molecular formula is C54H100O6. The maximum atomic E-state index is 12.8. The average molecular weight is 845 g/mol. The third-order valence-electron chi connectivity index (χ3n) is 11.7. The Kier molecular flexibility index (Phi) is 47.8. The van der Waals surface area contributed by atoms with Gasteiger partial charge >= 0.3 is 17.9 Å². The second-order valence-corrected chi connectivity index (χ2v) is 17.8. The summed E-state index contributed by atoms with van der Waals surface area (Å²) in [5.41, 5.74) is 0. The van der Waals surface area contributed by atoms with Crippen molar-refractivity contribution in [2.45, 2.75) is 290 Å². The second kappa shape index (κ2) is 49.5. The number of unbranched alkanes of at least 4 members (excludes halogenated alkanes) is 33. The lowest BCUT2D eigenvalue weighted by Crippen LogP contribution is -2.30. The Labute approximate surface area is 373 Å². The van der Waals surface area contributed by atoms with Crippen LogP contribution < -0.4 is 0 Å². The largest absolute Gasteiger partial charge is 0.462 e. The fourth-order valence-electron chi connectivity index (χ4n) is 7.78. The van der Waals surface area contributed by atoms with Gasteiger partial charge in [0.15, 0.2) is 6.10 Å². The van der Waals surface area contributed by atoms with Gasteiger partial charge in [-0.05, 0) is 44.9 Å². The van der Waals surface area contributed by atoms with E-state index in [1.165, 1.54) is 161 Å². The van der Waals surface area contributed by atoms with Crippen LogP contribution in [0.4, 0.5) is 0 Å². The van der Waals surface area contributed by atoms with Gasteiger partial charge in [0.05, 0.1) is 0 Å².